The van der Waals surface area contributed by atoms with Crippen LogP contribution in [0.5, 0.6) is 0 Å². The summed E-state index contributed by atoms with van der Waals surface area (Å²) in [5.74, 6) is -0.882. The van der Waals surface area contributed by atoms with Crippen LogP contribution in [0.4, 0.5) is 0 Å². The van der Waals surface area contributed by atoms with Gasteiger partial charge in [-0.3, -0.25) is 9.58 Å². The van der Waals surface area contributed by atoms with Gasteiger partial charge in [-0.1, -0.05) is 6.92 Å². The molecule has 1 fully saturated rings. The second-order valence-corrected chi connectivity index (χ2v) is 4.30. The lowest BCUT2D eigenvalue weighted by atomic mass is 10.1. The summed E-state index contributed by atoms with van der Waals surface area (Å²) in [6, 6.07) is 0.340. The van der Waals surface area contributed by atoms with Gasteiger partial charge in [-0.25, -0.2) is 4.79 Å². The van der Waals surface area contributed by atoms with Crippen molar-refractivity contribution in [1.82, 2.24) is 14.7 Å². The Balaban J connectivity index is 2.24. The predicted molar refractivity (Wildman–Crippen MR) is 59.8 cm³/mol. The summed E-state index contributed by atoms with van der Waals surface area (Å²) in [7, 11) is 0. The van der Waals surface area contributed by atoms with Crippen LogP contribution in [-0.4, -0.2) is 45.4 Å². The molecule has 1 aromatic rings. The number of hydrogen-bond donors (Lipinski definition) is 1. The summed E-state index contributed by atoms with van der Waals surface area (Å²) < 4.78 is 1.87. The van der Waals surface area contributed by atoms with Gasteiger partial charge in [0.1, 0.15) is 5.56 Å². The van der Waals surface area contributed by atoms with Gasteiger partial charge in [-0.05, 0) is 20.4 Å². The van der Waals surface area contributed by atoms with Gasteiger partial charge in [-0.15, -0.1) is 0 Å². The van der Waals surface area contributed by atoms with E-state index in [0.29, 0.717) is 17.3 Å². The van der Waals surface area contributed by atoms with Crippen LogP contribution in [0.3, 0.4) is 0 Å². The highest BCUT2D eigenvalue weighted by Gasteiger charge is 2.30. The van der Waals surface area contributed by atoms with Gasteiger partial charge in [-0.2, -0.15) is 5.10 Å². The number of likely N-dealkylation sites (N-methyl/N-ethyl adjacent to an activating group) is 1. The number of hydrogen-bond acceptors (Lipinski definition) is 3. The molecule has 1 saturated heterocycles. The van der Waals surface area contributed by atoms with Crippen LogP contribution in [0, 0.1) is 13.8 Å². The number of nitrogens with zero attached hydrogens (tertiary/aromatic N) is 3. The maximum absolute atomic E-state index is 11.0. The molecule has 0 saturated carbocycles. The Morgan fingerprint density at radius 1 is 1.50 bits per heavy atom. The molecular formula is C11H17N3O2. The van der Waals surface area contributed by atoms with E-state index in [9.17, 15) is 4.79 Å². The zero-order chi connectivity index (χ0) is 11.9. The van der Waals surface area contributed by atoms with Crippen molar-refractivity contribution in [3.05, 3.63) is 17.0 Å². The quantitative estimate of drug-likeness (QED) is 0.833. The van der Waals surface area contributed by atoms with Crippen LogP contribution < -0.4 is 0 Å². The van der Waals surface area contributed by atoms with Crippen LogP contribution in [0.25, 0.3) is 0 Å². The Kier molecular flexibility index (Phi) is 2.71. The van der Waals surface area contributed by atoms with Crippen LogP contribution >= 0.6 is 0 Å². The van der Waals surface area contributed by atoms with E-state index in [1.54, 1.807) is 6.92 Å². The maximum Gasteiger partial charge on any atom is 0.339 e. The largest absolute Gasteiger partial charge is 0.478 e. The third kappa shape index (κ3) is 1.61. The van der Waals surface area contributed by atoms with Gasteiger partial charge in [0.05, 0.1) is 17.4 Å². The summed E-state index contributed by atoms with van der Waals surface area (Å²) in [5, 5.41) is 13.4. The molecule has 0 aromatic carbocycles. The molecule has 0 bridgehead atoms. The molecule has 1 aliphatic rings. The molecule has 0 radical (unpaired) electrons. The number of aromatic carboxylic acids is 1. The van der Waals surface area contributed by atoms with Crippen molar-refractivity contribution in [2.75, 3.05) is 19.6 Å². The lowest BCUT2D eigenvalue weighted by Crippen LogP contribution is -2.47. The SMILES string of the molecule is CCN1CC(n2nc(C)c(C(=O)O)c2C)C1. The van der Waals surface area contributed by atoms with E-state index in [-0.39, 0.29) is 0 Å². The minimum Gasteiger partial charge on any atom is -0.478 e. The van der Waals surface area contributed by atoms with Crippen LogP contribution in [0.15, 0.2) is 0 Å². The molecule has 0 amide bonds. The number of aryl methyl sites for hydroxylation is 1. The van der Waals surface area contributed by atoms with Gasteiger partial charge in [0.2, 0.25) is 0 Å². The highest BCUT2D eigenvalue weighted by Crippen LogP contribution is 2.24. The Morgan fingerprint density at radius 3 is 2.56 bits per heavy atom. The second-order valence-electron chi connectivity index (χ2n) is 4.30. The number of rotatable bonds is 3. The number of carbonyl (C=O) groups is 1. The summed E-state index contributed by atoms with van der Waals surface area (Å²) >= 11 is 0. The molecule has 5 nitrogen and oxygen atoms in total. The van der Waals surface area contributed by atoms with E-state index in [4.69, 9.17) is 5.11 Å². The fraction of sp³-hybridized carbons (Fsp3) is 0.636. The Bertz CT molecular complexity index is 419. The minimum absolute atomic E-state index is 0.340. The lowest BCUT2D eigenvalue weighted by Gasteiger charge is -2.39. The van der Waals surface area contributed by atoms with Crippen molar-refractivity contribution in [2.45, 2.75) is 26.8 Å². The monoisotopic (exact) mass is 223 g/mol. The van der Waals surface area contributed by atoms with E-state index >= 15 is 0 Å². The van der Waals surface area contributed by atoms with Crippen molar-refractivity contribution >= 4 is 5.97 Å². The van der Waals surface area contributed by atoms with Gasteiger partial charge >= 0.3 is 5.97 Å². The summed E-state index contributed by atoms with van der Waals surface area (Å²) in [4.78, 5) is 13.3. The number of likely N-dealkylation sites (tertiary alicyclic amines) is 1. The van der Waals surface area contributed by atoms with Crippen molar-refractivity contribution < 1.29 is 9.90 Å². The summed E-state index contributed by atoms with van der Waals surface area (Å²) in [6.07, 6.45) is 0. The first-order valence-electron chi connectivity index (χ1n) is 5.56. The molecular weight excluding hydrogens is 206 g/mol. The molecule has 2 heterocycles. The van der Waals surface area contributed by atoms with E-state index in [0.717, 1.165) is 25.3 Å². The van der Waals surface area contributed by atoms with Crippen LogP contribution in [-0.2, 0) is 0 Å². The topological polar surface area (TPSA) is 58.4 Å². The molecule has 5 heteroatoms. The number of aromatic nitrogens is 2. The lowest BCUT2D eigenvalue weighted by molar-refractivity contribution is 0.0694. The molecule has 0 aliphatic carbocycles. The number of carboxylic acid groups (broad SMARTS) is 1. The first kappa shape index (κ1) is 11.1. The van der Waals surface area contributed by atoms with Crippen molar-refractivity contribution in [3.63, 3.8) is 0 Å². The smallest absolute Gasteiger partial charge is 0.339 e. The molecule has 1 aromatic heterocycles. The van der Waals surface area contributed by atoms with Crippen LogP contribution in [0.1, 0.15) is 34.7 Å². The zero-order valence-corrected chi connectivity index (χ0v) is 9.90. The Morgan fingerprint density at radius 2 is 2.12 bits per heavy atom. The third-order valence-corrected chi connectivity index (χ3v) is 3.27. The van der Waals surface area contributed by atoms with E-state index in [1.807, 2.05) is 11.6 Å². The number of carboxylic acids is 1. The van der Waals surface area contributed by atoms with Crippen molar-refractivity contribution in [1.29, 1.82) is 0 Å². The van der Waals surface area contributed by atoms with Gasteiger partial charge in [0, 0.05) is 13.1 Å². The van der Waals surface area contributed by atoms with Gasteiger partial charge < -0.3 is 5.11 Å². The van der Waals surface area contributed by atoms with E-state index in [1.165, 1.54) is 0 Å². The fourth-order valence-electron chi connectivity index (χ4n) is 2.28. The van der Waals surface area contributed by atoms with Crippen molar-refractivity contribution in [2.24, 2.45) is 0 Å². The predicted octanol–water partition coefficient (Wildman–Crippen LogP) is 1.07. The maximum atomic E-state index is 11.0. The first-order valence-corrected chi connectivity index (χ1v) is 5.56. The highest BCUT2D eigenvalue weighted by atomic mass is 16.4. The molecule has 2 rings (SSSR count). The fourth-order valence-corrected chi connectivity index (χ4v) is 2.28. The average molecular weight is 223 g/mol. The van der Waals surface area contributed by atoms with Gasteiger partial charge in [0.25, 0.3) is 0 Å². The second kappa shape index (κ2) is 3.90. The van der Waals surface area contributed by atoms with Gasteiger partial charge in [0.15, 0.2) is 0 Å². The zero-order valence-electron chi connectivity index (χ0n) is 9.90. The molecule has 0 spiro atoms. The van der Waals surface area contributed by atoms with Crippen molar-refractivity contribution in [3.8, 4) is 0 Å². The molecule has 0 unspecified atom stereocenters. The molecule has 0 atom stereocenters. The summed E-state index contributed by atoms with van der Waals surface area (Å²) in [5.41, 5.74) is 1.74. The molecule has 16 heavy (non-hydrogen) atoms. The average Bonchev–Trinajstić information content (AvgIpc) is 2.40. The molecule has 88 valence electrons. The first-order chi connectivity index (χ1) is 7.54. The summed E-state index contributed by atoms with van der Waals surface area (Å²) in [6.45, 7) is 8.69. The Labute approximate surface area is 94.7 Å². The highest BCUT2D eigenvalue weighted by molar-refractivity contribution is 5.90. The minimum atomic E-state index is -0.882. The third-order valence-electron chi connectivity index (χ3n) is 3.27. The molecule has 1 N–H and O–H groups in total. The standard InChI is InChI=1S/C11H17N3O2/c1-4-13-5-9(6-13)14-8(3)10(11(15)16)7(2)12-14/h9H,4-6H2,1-3H3,(H,15,16). The Hall–Kier alpha value is -1.36. The normalized spacial score (nSPS) is 17.4. The van der Waals surface area contributed by atoms with E-state index in [2.05, 4.69) is 16.9 Å². The van der Waals surface area contributed by atoms with Crippen LogP contribution in [0.2, 0.25) is 0 Å². The molecule has 1 aliphatic heterocycles. The van der Waals surface area contributed by atoms with E-state index < -0.39 is 5.97 Å².